The second-order valence-electron chi connectivity index (χ2n) is 2.86. The summed E-state index contributed by atoms with van der Waals surface area (Å²) in [6, 6.07) is 7.33. The van der Waals surface area contributed by atoms with E-state index in [1.165, 1.54) is 0 Å². The van der Waals surface area contributed by atoms with E-state index in [0.717, 1.165) is 18.4 Å². The van der Waals surface area contributed by atoms with Crippen molar-refractivity contribution in [3.05, 3.63) is 29.8 Å². The minimum atomic E-state index is -1.27. The number of amides is 1. The average molecular weight is 178 g/mol. The third-order valence-corrected chi connectivity index (χ3v) is 1.71. The summed E-state index contributed by atoms with van der Waals surface area (Å²) < 4.78 is 0. The second-order valence-corrected chi connectivity index (χ2v) is 2.86. The molecule has 0 bridgehead atoms. The van der Waals surface area contributed by atoms with Crippen molar-refractivity contribution in [2.24, 2.45) is 0 Å². The van der Waals surface area contributed by atoms with Gasteiger partial charge in [-0.05, 0) is 24.1 Å². The van der Waals surface area contributed by atoms with Crippen molar-refractivity contribution in [3.63, 3.8) is 0 Å². The van der Waals surface area contributed by atoms with Crippen LogP contribution < -0.4 is 5.32 Å². The first-order valence-corrected chi connectivity index (χ1v) is 4.29. The summed E-state index contributed by atoms with van der Waals surface area (Å²) in [4.78, 5) is 10.2. The van der Waals surface area contributed by atoms with Gasteiger partial charge in [-0.3, -0.25) is 5.32 Å². The van der Waals surface area contributed by atoms with Crippen LogP contribution >= 0.6 is 0 Å². The number of aryl methyl sites for hydroxylation is 1. The van der Waals surface area contributed by atoms with Gasteiger partial charge in [0, 0.05) is 5.69 Å². The van der Waals surface area contributed by atoms with Gasteiger partial charge in [0.25, 0.3) is 0 Å². The first-order chi connectivity index (χ1) is 6.22. The summed E-state index contributed by atoms with van der Waals surface area (Å²) in [6.07, 6.45) is 0.741. The Hall–Kier alpha value is -1.51. The molecule has 69 valence electrons. The lowest BCUT2D eigenvalue weighted by Crippen LogP contribution is -2.05. The number of anilines is 1. The Bertz CT molecular complexity index is 297. The molecule has 1 N–H and O–H groups in total. The van der Waals surface area contributed by atoms with Crippen molar-refractivity contribution in [2.45, 2.75) is 19.8 Å². The summed E-state index contributed by atoms with van der Waals surface area (Å²) in [7, 11) is 0. The van der Waals surface area contributed by atoms with Crippen molar-refractivity contribution in [3.8, 4) is 0 Å². The predicted octanol–water partition coefficient (Wildman–Crippen LogP) is 2.60. The molecule has 3 nitrogen and oxygen atoms in total. The largest absolute Gasteiger partial charge is 0.454 e. The molecule has 0 aromatic heterocycles. The van der Waals surface area contributed by atoms with Gasteiger partial charge in [-0.15, -0.1) is 0 Å². The topological polar surface area (TPSA) is 49.0 Å². The second kappa shape index (κ2) is 4.50. The van der Waals surface area contributed by atoms with Crippen molar-refractivity contribution in [2.75, 3.05) is 5.32 Å². The third-order valence-electron chi connectivity index (χ3n) is 1.71. The van der Waals surface area contributed by atoms with Gasteiger partial charge < -0.3 is 0 Å². The lowest BCUT2D eigenvalue weighted by atomic mass is 10.1. The van der Waals surface area contributed by atoms with Crippen LogP contribution in [0.15, 0.2) is 24.3 Å². The van der Waals surface area contributed by atoms with Crippen LogP contribution in [0.2, 0.25) is 0 Å². The minimum absolute atomic E-state index is 0.575. The van der Waals surface area contributed by atoms with E-state index in [0.29, 0.717) is 5.69 Å². The first-order valence-electron chi connectivity index (χ1n) is 4.29. The normalized spacial score (nSPS) is 9.62. The van der Waals surface area contributed by atoms with E-state index in [1.807, 2.05) is 18.2 Å². The van der Waals surface area contributed by atoms with Gasteiger partial charge >= 0.3 is 6.09 Å². The van der Waals surface area contributed by atoms with Gasteiger partial charge in [-0.1, -0.05) is 25.5 Å². The van der Waals surface area contributed by atoms with E-state index >= 15 is 0 Å². The maximum atomic E-state index is 10.2. The molecule has 0 saturated heterocycles. The van der Waals surface area contributed by atoms with Gasteiger partial charge in [-0.2, -0.15) is 0 Å². The first kappa shape index (κ1) is 9.58. The molecular formula is C10H12NO2. The zero-order chi connectivity index (χ0) is 9.68. The molecule has 1 aromatic rings. The molecule has 0 aliphatic heterocycles. The Morgan fingerprint density at radius 1 is 1.46 bits per heavy atom. The zero-order valence-electron chi connectivity index (χ0n) is 7.54. The number of nitrogens with one attached hydrogen (secondary N) is 1. The molecule has 1 aromatic carbocycles. The van der Waals surface area contributed by atoms with Crippen LogP contribution in [-0.4, -0.2) is 6.09 Å². The van der Waals surface area contributed by atoms with Gasteiger partial charge in [-0.25, -0.2) is 9.90 Å². The summed E-state index contributed by atoms with van der Waals surface area (Å²) in [5, 5.41) is 12.4. The molecule has 0 unspecified atom stereocenters. The van der Waals surface area contributed by atoms with Gasteiger partial charge in [0.2, 0.25) is 0 Å². The van der Waals surface area contributed by atoms with Crippen LogP contribution in [0.4, 0.5) is 10.5 Å². The summed E-state index contributed by atoms with van der Waals surface area (Å²) in [5.41, 5.74) is 1.71. The average Bonchev–Trinajstić information content (AvgIpc) is 2.04. The van der Waals surface area contributed by atoms with Gasteiger partial charge in [0.15, 0.2) is 0 Å². The molecule has 0 heterocycles. The molecule has 0 spiro atoms. The molecule has 0 saturated carbocycles. The fourth-order valence-corrected chi connectivity index (χ4v) is 1.21. The Morgan fingerprint density at radius 3 is 2.85 bits per heavy atom. The number of hydrogen-bond donors (Lipinski definition) is 1. The maximum absolute atomic E-state index is 10.2. The van der Waals surface area contributed by atoms with Crippen molar-refractivity contribution < 1.29 is 9.90 Å². The molecule has 0 fully saturated rings. The molecule has 1 rings (SSSR count). The van der Waals surface area contributed by atoms with Gasteiger partial charge in [0.05, 0.1) is 0 Å². The van der Waals surface area contributed by atoms with Crippen molar-refractivity contribution in [1.29, 1.82) is 0 Å². The number of carbonyl (C=O) groups excluding carboxylic acids is 1. The number of benzene rings is 1. The number of hydrogen-bond acceptors (Lipinski definition) is 1. The van der Waals surface area contributed by atoms with E-state index in [1.54, 1.807) is 6.07 Å². The van der Waals surface area contributed by atoms with E-state index in [9.17, 15) is 9.90 Å². The lowest BCUT2D eigenvalue weighted by Gasteiger charge is -2.02. The minimum Gasteiger partial charge on any atom is -0.288 e. The molecular weight excluding hydrogens is 166 g/mol. The van der Waals surface area contributed by atoms with Crippen LogP contribution in [0.1, 0.15) is 18.9 Å². The molecule has 1 radical (unpaired) electrons. The molecule has 13 heavy (non-hydrogen) atoms. The monoisotopic (exact) mass is 178 g/mol. The third kappa shape index (κ3) is 3.15. The standard InChI is InChI=1S/C10H12NO2/c1-2-4-8-5-3-6-9(7-8)11-10(12)13/h3,5-7,11H,2,4H2,1H3. The fourth-order valence-electron chi connectivity index (χ4n) is 1.21. The molecule has 0 atom stereocenters. The van der Waals surface area contributed by atoms with Crippen LogP contribution in [-0.2, 0) is 11.5 Å². The Balaban J connectivity index is 2.73. The number of carbonyl (C=O) groups is 1. The van der Waals surface area contributed by atoms with Crippen LogP contribution in [0.3, 0.4) is 0 Å². The predicted molar refractivity (Wildman–Crippen MR) is 50.1 cm³/mol. The van der Waals surface area contributed by atoms with E-state index < -0.39 is 6.09 Å². The molecule has 0 aliphatic carbocycles. The molecule has 0 aliphatic rings. The smallest absolute Gasteiger partial charge is 0.288 e. The summed E-state index contributed by atoms with van der Waals surface area (Å²) in [6.45, 7) is 2.08. The highest BCUT2D eigenvalue weighted by atomic mass is 16.4. The highest BCUT2D eigenvalue weighted by Gasteiger charge is 1.99. The van der Waals surface area contributed by atoms with E-state index in [-0.39, 0.29) is 0 Å². The van der Waals surface area contributed by atoms with Crippen molar-refractivity contribution >= 4 is 11.8 Å². The van der Waals surface area contributed by atoms with E-state index in [4.69, 9.17) is 0 Å². The quantitative estimate of drug-likeness (QED) is 0.759. The van der Waals surface area contributed by atoms with E-state index in [2.05, 4.69) is 12.2 Å². The fraction of sp³-hybridized carbons (Fsp3) is 0.300. The van der Waals surface area contributed by atoms with Crippen molar-refractivity contribution in [1.82, 2.24) is 0 Å². The molecule has 3 heteroatoms. The SMILES string of the molecule is CCCc1cccc(NC([O])=O)c1. The zero-order valence-corrected chi connectivity index (χ0v) is 7.54. The highest BCUT2D eigenvalue weighted by Crippen LogP contribution is 2.11. The van der Waals surface area contributed by atoms with Gasteiger partial charge in [0.1, 0.15) is 0 Å². The maximum Gasteiger partial charge on any atom is 0.454 e. The summed E-state index contributed by atoms with van der Waals surface area (Å²) >= 11 is 0. The summed E-state index contributed by atoms with van der Waals surface area (Å²) in [5.74, 6) is 0. The van der Waals surface area contributed by atoms with Crippen LogP contribution in [0, 0.1) is 0 Å². The Kier molecular flexibility index (Phi) is 3.31. The molecule has 1 amide bonds. The lowest BCUT2D eigenvalue weighted by molar-refractivity contribution is 0.185. The van der Waals surface area contributed by atoms with Crippen LogP contribution in [0.25, 0.3) is 0 Å². The Labute approximate surface area is 77.4 Å². The Morgan fingerprint density at radius 2 is 2.23 bits per heavy atom. The number of rotatable bonds is 3. The van der Waals surface area contributed by atoms with Crippen LogP contribution in [0.5, 0.6) is 0 Å². The highest BCUT2D eigenvalue weighted by molar-refractivity contribution is 5.82.